The third-order valence-corrected chi connectivity index (χ3v) is 3.55. The summed E-state index contributed by atoms with van der Waals surface area (Å²) in [5.41, 5.74) is 0. The predicted molar refractivity (Wildman–Crippen MR) is 67.1 cm³/mol. The van der Waals surface area contributed by atoms with Gasteiger partial charge in [-0.05, 0) is 46.0 Å². The average molecular weight is 256 g/mol. The van der Waals surface area contributed by atoms with E-state index < -0.39 is 5.79 Å². The molecule has 0 saturated carbocycles. The van der Waals surface area contributed by atoms with E-state index in [0.29, 0.717) is 13.0 Å². The summed E-state index contributed by atoms with van der Waals surface area (Å²) in [5, 5.41) is 0. The molecule has 0 aliphatic carbocycles. The minimum Gasteiger partial charge on any atom is -0.466 e. The first-order valence-corrected chi connectivity index (χ1v) is 7.08. The monoisotopic (exact) mass is 256 g/mol. The molecule has 0 aromatic heterocycles. The second-order valence-corrected chi connectivity index (χ2v) is 5.67. The number of carbonyl (C=O) groups excluding carboxylic acids is 1. The van der Waals surface area contributed by atoms with Crippen LogP contribution >= 0.6 is 0 Å². The maximum absolute atomic E-state index is 11.4. The summed E-state index contributed by atoms with van der Waals surface area (Å²) in [5.74, 6) is -0.516. The summed E-state index contributed by atoms with van der Waals surface area (Å²) >= 11 is 0. The molecule has 4 nitrogen and oxygen atoms in total. The van der Waals surface area contributed by atoms with Crippen LogP contribution in [0.25, 0.3) is 0 Å². The smallest absolute Gasteiger partial charge is 0.305 e. The molecule has 2 unspecified atom stereocenters. The van der Waals surface area contributed by atoms with Gasteiger partial charge in [-0.15, -0.1) is 0 Å². The molecule has 2 atom stereocenters. The fourth-order valence-electron chi connectivity index (χ4n) is 2.72. The number of hydrogen-bond acceptors (Lipinski definition) is 4. The van der Waals surface area contributed by atoms with Crippen LogP contribution in [0.1, 0.15) is 58.8 Å². The van der Waals surface area contributed by atoms with Gasteiger partial charge in [-0.3, -0.25) is 4.79 Å². The molecule has 2 saturated heterocycles. The normalized spacial score (nSPS) is 34.0. The fourth-order valence-corrected chi connectivity index (χ4v) is 2.72. The Labute approximate surface area is 109 Å². The van der Waals surface area contributed by atoms with Gasteiger partial charge in [0.25, 0.3) is 0 Å². The minimum absolute atomic E-state index is 0.0592. The minimum atomic E-state index is -0.457. The molecule has 0 spiro atoms. The standard InChI is InChI=1S/C14H24O4/c1-14(2)17-11-7-3-4-9-13(15)16-10-6-5-8-12(11)18-14/h11-12H,3-10H2,1-2H3. The highest BCUT2D eigenvalue weighted by Gasteiger charge is 2.40. The summed E-state index contributed by atoms with van der Waals surface area (Å²) < 4.78 is 17.0. The van der Waals surface area contributed by atoms with Crippen molar-refractivity contribution in [2.45, 2.75) is 76.8 Å². The van der Waals surface area contributed by atoms with E-state index in [4.69, 9.17) is 14.2 Å². The lowest BCUT2D eigenvalue weighted by Crippen LogP contribution is -2.23. The molecular weight excluding hydrogens is 232 g/mol. The van der Waals surface area contributed by atoms with Crippen LogP contribution in [0, 0.1) is 0 Å². The lowest BCUT2D eigenvalue weighted by molar-refractivity contribution is -0.147. The molecule has 18 heavy (non-hydrogen) atoms. The van der Waals surface area contributed by atoms with E-state index >= 15 is 0 Å². The van der Waals surface area contributed by atoms with Crippen molar-refractivity contribution in [2.75, 3.05) is 6.61 Å². The van der Waals surface area contributed by atoms with Crippen molar-refractivity contribution in [1.29, 1.82) is 0 Å². The topological polar surface area (TPSA) is 44.8 Å². The van der Waals surface area contributed by atoms with Crippen LogP contribution in [0.15, 0.2) is 0 Å². The average Bonchev–Trinajstić information content (AvgIpc) is 2.57. The summed E-state index contributed by atoms with van der Waals surface area (Å²) in [6.07, 6.45) is 6.70. The van der Waals surface area contributed by atoms with E-state index in [2.05, 4.69) is 0 Å². The van der Waals surface area contributed by atoms with Crippen LogP contribution in [-0.2, 0) is 19.0 Å². The van der Waals surface area contributed by atoms with Gasteiger partial charge in [-0.25, -0.2) is 0 Å². The zero-order valence-electron chi connectivity index (χ0n) is 11.4. The number of esters is 1. The van der Waals surface area contributed by atoms with Gasteiger partial charge in [0.1, 0.15) is 0 Å². The van der Waals surface area contributed by atoms with E-state index in [1.165, 1.54) is 0 Å². The zero-order valence-corrected chi connectivity index (χ0v) is 11.4. The number of cyclic esters (lactones) is 1. The van der Waals surface area contributed by atoms with Crippen molar-refractivity contribution in [1.82, 2.24) is 0 Å². The lowest BCUT2D eigenvalue weighted by Gasteiger charge is -2.17. The first kappa shape index (κ1) is 13.8. The molecule has 0 bridgehead atoms. The summed E-state index contributed by atoms with van der Waals surface area (Å²) in [6.45, 7) is 4.50. The maximum Gasteiger partial charge on any atom is 0.305 e. The summed E-state index contributed by atoms with van der Waals surface area (Å²) in [4.78, 5) is 11.4. The molecule has 2 fully saturated rings. The molecule has 0 aromatic rings. The van der Waals surface area contributed by atoms with Gasteiger partial charge < -0.3 is 14.2 Å². The third-order valence-electron chi connectivity index (χ3n) is 3.55. The van der Waals surface area contributed by atoms with Crippen LogP contribution in [0.4, 0.5) is 0 Å². The number of carbonyl (C=O) groups is 1. The van der Waals surface area contributed by atoms with E-state index in [0.717, 1.165) is 38.5 Å². The Hall–Kier alpha value is -0.610. The number of rotatable bonds is 0. The van der Waals surface area contributed by atoms with Gasteiger partial charge in [0.15, 0.2) is 5.79 Å². The Bertz CT molecular complexity index is 288. The summed E-state index contributed by atoms with van der Waals surface area (Å²) in [6, 6.07) is 0. The third kappa shape index (κ3) is 3.95. The molecule has 2 heterocycles. The molecule has 2 rings (SSSR count). The first-order valence-electron chi connectivity index (χ1n) is 7.08. The Morgan fingerprint density at radius 3 is 2.28 bits per heavy atom. The second-order valence-electron chi connectivity index (χ2n) is 5.67. The Morgan fingerprint density at radius 2 is 1.61 bits per heavy atom. The molecular formula is C14H24O4. The quantitative estimate of drug-likeness (QED) is 0.625. The Balaban J connectivity index is 1.90. The summed E-state index contributed by atoms with van der Waals surface area (Å²) in [7, 11) is 0. The molecule has 4 heteroatoms. The Morgan fingerprint density at radius 1 is 1.00 bits per heavy atom. The van der Waals surface area contributed by atoms with Gasteiger partial charge in [-0.2, -0.15) is 0 Å². The van der Waals surface area contributed by atoms with Gasteiger partial charge in [0.05, 0.1) is 18.8 Å². The largest absolute Gasteiger partial charge is 0.466 e. The van der Waals surface area contributed by atoms with E-state index in [1.807, 2.05) is 13.8 Å². The van der Waals surface area contributed by atoms with Crippen molar-refractivity contribution < 1.29 is 19.0 Å². The van der Waals surface area contributed by atoms with Gasteiger partial charge >= 0.3 is 5.97 Å². The van der Waals surface area contributed by atoms with Crippen molar-refractivity contribution in [3.63, 3.8) is 0 Å². The molecule has 2 aliphatic heterocycles. The van der Waals surface area contributed by atoms with Crippen molar-refractivity contribution in [3.8, 4) is 0 Å². The SMILES string of the molecule is CC1(C)OC2CCCCOC(=O)CCCCC2O1. The maximum atomic E-state index is 11.4. The van der Waals surface area contributed by atoms with E-state index in [-0.39, 0.29) is 18.2 Å². The molecule has 0 N–H and O–H groups in total. The number of hydrogen-bond donors (Lipinski definition) is 0. The lowest BCUT2D eigenvalue weighted by atomic mass is 10.0. The Kier molecular flexibility index (Phi) is 4.62. The highest BCUT2D eigenvalue weighted by molar-refractivity contribution is 5.69. The second kappa shape index (κ2) is 6.02. The fraction of sp³-hybridized carbons (Fsp3) is 0.929. The van der Waals surface area contributed by atoms with Crippen molar-refractivity contribution in [2.24, 2.45) is 0 Å². The number of fused-ring (bicyclic) bond motifs is 1. The number of ether oxygens (including phenoxy) is 3. The molecule has 0 radical (unpaired) electrons. The van der Waals surface area contributed by atoms with Crippen LogP contribution in [0.2, 0.25) is 0 Å². The van der Waals surface area contributed by atoms with Crippen LogP contribution in [0.3, 0.4) is 0 Å². The molecule has 0 amide bonds. The molecule has 0 aromatic carbocycles. The first-order chi connectivity index (χ1) is 8.57. The van der Waals surface area contributed by atoms with E-state index in [9.17, 15) is 4.79 Å². The van der Waals surface area contributed by atoms with Crippen LogP contribution in [0.5, 0.6) is 0 Å². The van der Waals surface area contributed by atoms with Crippen molar-refractivity contribution in [3.05, 3.63) is 0 Å². The van der Waals surface area contributed by atoms with Crippen LogP contribution in [-0.4, -0.2) is 30.6 Å². The molecule has 2 aliphatic rings. The zero-order chi connectivity index (χ0) is 13.0. The van der Waals surface area contributed by atoms with Gasteiger partial charge in [0, 0.05) is 6.42 Å². The highest BCUT2D eigenvalue weighted by Crippen LogP contribution is 2.33. The van der Waals surface area contributed by atoms with Gasteiger partial charge in [0.2, 0.25) is 0 Å². The van der Waals surface area contributed by atoms with Gasteiger partial charge in [-0.1, -0.05) is 6.42 Å². The van der Waals surface area contributed by atoms with Crippen molar-refractivity contribution >= 4 is 5.97 Å². The van der Waals surface area contributed by atoms with E-state index in [1.54, 1.807) is 0 Å². The van der Waals surface area contributed by atoms with Crippen LogP contribution < -0.4 is 0 Å². The molecule has 104 valence electrons. The highest BCUT2D eigenvalue weighted by atomic mass is 16.7. The predicted octanol–water partition coefficient (Wildman–Crippen LogP) is 2.79.